The summed E-state index contributed by atoms with van der Waals surface area (Å²) < 4.78 is 7.37. The molecule has 4 heteroatoms. The SMILES string of the molecule is CCOc1ccc(C(C)Nc2c(C)nn(C)c2C)cc1. The predicted molar refractivity (Wildman–Crippen MR) is 82.3 cm³/mol. The lowest BCUT2D eigenvalue weighted by Gasteiger charge is -2.16. The Kier molecular flexibility index (Phi) is 4.32. The second kappa shape index (κ2) is 5.99. The summed E-state index contributed by atoms with van der Waals surface area (Å²) in [4.78, 5) is 0. The fourth-order valence-corrected chi connectivity index (χ4v) is 2.30. The number of ether oxygens (including phenoxy) is 1. The van der Waals surface area contributed by atoms with Crippen LogP contribution >= 0.6 is 0 Å². The van der Waals surface area contributed by atoms with Gasteiger partial charge in [0, 0.05) is 13.1 Å². The molecule has 0 aliphatic heterocycles. The minimum atomic E-state index is 0.229. The van der Waals surface area contributed by atoms with Gasteiger partial charge in [-0.25, -0.2) is 0 Å². The zero-order chi connectivity index (χ0) is 14.7. The van der Waals surface area contributed by atoms with Crippen molar-refractivity contribution in [1.82, 2.24) is 9.78 Å². The number of anilines is 1. The molecule has 0 fully saturated rings. The van der Waals surface area contributed by atoms with E-state index >= 15 is 0 Å². The maximum atomic E-state index is 5.47. The van der Waals surface area contributed by atoms with Crippen molar-refractivity contribution in [3.05, 3.63) is 41.2 Å². The number of rotatable bonds is 5. The van der Waals surface area contributed by atoms with Crippen molar-refractivity contribution in [1.29, 1.82) is 0 Å². The lowest BCUT2D eigenvalue weighted by molar-refractivity contribution is 0.340. The first-order valence-corrected chi connectivity index (χ1v) is 7.02. The minimum Gasteiger partial charge on any atom is -0.494 e. The Bertz CT molecular complexity index is 572. The van der Waals surface area contributed by atoms with Gasteiger partial charge in [-0.05, 0) is 45.4 Å². The summed E-state index contributed by atoms with van der Waals surface area (Å²) in [5, 5.41) is 7.97. The highest BCUT2D eigenvalue weighted by Gasteiger charge is 2.13. The first kappa shape index (κ1) is 14.4. The van der Waals surface area contributed by atoms with E-state index in [2.05, 4.69) is 36.4 Å². The highest BCUT2D eigenvalue weighted by Crippen LogP contribution is 2.25. The Hall–Kier alpha value is -1.97. The smallest absolute Gasteiger partial charge is 0.119 e. The topological polar surface area (TPSA) is 39.1 Å². The molecule has 1 heterocycles. The lowest BCUT2D eigenvalue weighted by atomic mass is 10.1. The molecule has 1 aromatic heterocycles. The van der Waals surface area contributed by atoms with Gasteiger partial charge in [0.15, 0.2) is 0 Å². The molecule has 0 aliphatic rings. The molecule has 0 saturated carbocycles. The van der Waals surface area contributed by atoms with Gasteiger partial charge in [0.1, 0.15) is 5.75 Å². The molecule has 0 radical (unpaired) electrons. The summed E-state index contributed by atoms with van der Waals surface area (Å²) in [5.74, 6) is 0.914. The molecule has 1 N–H and O–H groups in total. The number of aromatic nitrogens is 2. The Morgan fingerprint density at radius 3 is 2.40 bits per heavy atom. The molecule has 1 aromatic carbocycles. The van der Waals surface area contributed by atoms with E-state index < -0.39 is 0 Å². The minimum absolute atomic E-state index is 0.229. The number of aryl methyl sites for hydroxylation is 2. The highest BCUT2D eigenvalue weighted by atomic mass is 16.5. The maximum absolute atomic E-state index is 5.47. The quantitative estimate of drug-likeness (QED) is 0.904. The van der Waals surface area contributed by atoms with Gasteiger partial charge in [-0.15, -0.1) is 0 Å². The van der Waals surface area contributed by atoms with Crippen molar-refractivity contribution in [3.8, 4) is 5.75 Å². The summed E-state index contributed by atoms with van der Waals surface area (Å²) in [6.07, 6.45) is 0. The van der Waals surface area contributed by atoms with Crippen LogP contribution in [0.3, 0.4) is 0 Å². The standard InChI is InChI=1S/C16H23N3O/c1-6-20-15-9-7-14(8-10-15)11(2)17-16-12(3)18-19(5)13(16)4/h7-11,17H,6H2,1-5H3. The van der Waals surface area contributed by atoms with Crippen LogP contribution in [0.2, 0.25) is 0 Å². The third-order valence-corrected chi connectivity index (χ3v) is 3.56. The summed E-state index contributed by atoms with van der Waals surface area (Å²) >= 11 is 0. The first-order valence-electron chi connectivity index (χ1n) is 7.02. The fourth-order valence-electron chi connectivity index (χ4n) is 2.30. The van der Waals surface area contributed by atoms with Crippen molar-refractivity contribution in [2.75, 3.05) is 11.9 Å². The van der Waals surface area contributed by atoms with Gasteiger partial charge >= 0.3 is 0 Å². The third-order valence-electron chi connectivity index (χ3n) is 3.56. The van der Waals surface area contributed by atoms with E-state index in [0.29, 0.717) is 6.61 Å². The molecule has 2 aromatic rings. The van der Waals surface area contributed by atoms with E-state index in [4.69, 9.17) is 4.74 Å². The van der Waals surface area contributed by atoms with E-state index in [1.807, 2.05) is 37.7 Å². The first-order chi connectivity index (χ1) is 9.52. The average molecular weight is 273 g/mol. The molecular formula is C16H23N3O. The zero-order valence-electron chi connectivity index (χ0n) is 12.9. The fraction of sp³-hybridized carbons (Fsp3) is 0.438. The second-order valence-corrected chi connectivity index (χ2v) is 5.04. The zero-order valence-corrected chi connectivity index (χ0v) is 12.9. The molecule has 0 bridgehead atoms. The van der Waals surface area contributed by atoms with Crippen LogP contribution in [-0.2, 0) is 7.05 Å². The average Bonchev–Trinajstić information content (AvgIpc) is 2.66. The van der Waals surface area contributed by atoms with Crippen LogP contribution in [0.15, 0.2) is 24.3 Å². The number of hydrogen-bond donors (Lipinski definition) is 1. The Morgan fingerprint density at radius 2 is 1.90 bits per heavy atom. The largest absolute Gasteiger partial charge is 0.494 e. The van der Waals surface area contributed by atoms with Crippen molar-refractivity contribution >= 4 is 5.69 Å². The number of nitrogens with zero attached hydrogens (tertiary/aromatic N) is 2. The summed E-state index contributed by atoms with van der Waals surface area (Å²) in [6, 6.07) is 8.46. The molecule has 0 aliphatic carbocycles. The Labute approximate surface area is 120 Å². The van der Waals surface area contributed by atoms with Crippen molar-refractivity contribution in [2.45, 2.75) is 33.7 Å². The lowest BCUT2D eigenvalue weighted by Crippen LogP contribution is -2.08. The van der Waals surface area contributed by atoms with E-state index in [-0.39, 0.29) is 6.04 Å². The van der Waals surface area contributed by atoms with Gasteiger partial charge in [-0.1, -0.05) is 12.1 Å². The van der Waals surface area contributed by atoms with Crippen LogP contribution in [-0.4, -0.2) is 16.4 Å². The van der Waals surface area contributed by atoms with Crippen LogP contribution in [0.5, 0.6) is 5.75 Å². The molecule has 2 rings (SSSR count). The highest BCUT2D eigenvalue weighted by molar-refractivity contribution is 5.53. The van der Waals surface area contributed by atoms with Crippen LogP contribution in [0, 0.1) is 13.8 Å². The summed E-state index contributed by atoms with van der Waals surface area (Å²) in [6.45, 7) is 8.95. The van der Waals surface area contributed by atoms with E-state index in [9.17, 15) is 0 Å². The van der Waals surface area contributed by atoms with E-state index in [1.165, 1.54) is 5.56 Å². The monoisotopic (exact) mass is 273 g/mol. The Morgan fingerprint density at radius 1 is 1.25 bits per heavy atom. The van der Waals surface area contributed by atoms with Crippen molar-refractivity contribution in [3.63, 3.8) is 0 Å². The van der Waals surface area contributed by atoms with Crippen LogP contribution < -0.4 is 10.1 Å². The Balaban J connectivity index is 2.13. The molecule has 1 unspecified atom stereocenters. The van der Waals surface area contributed by atoms with Crippen LogP contribution in [0.25, 0.3) is 0 Å². The van der Waals surface area contributed by atoms with E-state index in [1.54, 1.807) is 0 Å². The van der Waals surface area contributed by atoms with Gasteiger partial charge in [0.2, 0.25) is 0 Å². The molecule has 4 nitrogen and oxygen atoms in total. The van der Waals surface area contributed by atoms with Gasteiger partial charge in [0.05, 0.1) is 23.7 Å². The molecule has 0 saturated heterocycles. The van der Waals surface area contributed by atoms with Crippen molar-refractivity contribution < 1.29 is 4.74 Å². The normalized spacial score (nSPS) is 12.2. The molecule has 108 valence electrons. The molecule has 1 atom stereocenters. The molecule has 20 heavy (non-hydrogen) atoms. The predicted octanol–water partition coefficient (Wildman–Crippen LogP) is 3.61. The third kappa shape index (κ3) is 2.95. The van der Waals surface area contributed by atoms with Gasteiger partial charge < -0.3 is 10.1 Å². The number of benzene rings is 1. The van der Waals surface area contributed by atoms with Crippen molar-refractivity contribution in [2.24, 2.45) is 7.05 Å². The number of nitrogens with one attached hydrogen (secondary N) is 1. The molecular weight excluding hydrogens is 250 g/mol. The molecule has 0 spiro atoms. The second-order valence-electron chi connectivity index (χ2n) is 5.04. The van der Waals surface area contributed by atoms with Crippen LogP contribution in [0.4, 0.5) is 5.69 Å². The summed E-state index contributed by atoms with van der Waals surface area (Å²) in [5.41, 5.74) is 4.54. The van der Waals surface area contributed by atoms with Gasteiger partial charge in [0.25, 0.3) is 0 Å². The maximum Gasteiger partial charge on any atom is 0.119 e. The van der Waals surface area contributed by atoms with Gasteiger partial charge in [-0.2, -0.15) is 5.10 Å². The summed E-state index contributed by atoms with van der Waals surface area (Å²) in [7, 11) is 1.97. The van der Waals surface area contributed by atoms with Gasteiger partial charge in [-0.3, -0.25) is 4.68 Å². The van der Waals surface area contributed by atoms with Crippen LogP contribution in [0.1, 0.15) is 36.8 Å². The number of hydrogen-bond acceptors (Lipinski definition) is 3. The van der Waals surface area contributed by atoms with E-state index in [0.717, 1.165) is 22.8 Å². The molecule has 0 amide bonds.